The van der Waals surface area contributed by atoms with Crippen molar-refractivity contribution in [3.05, 3.63) is 39.7 Å². The van der Waals surface area contributed by atoms with E-state index in [0.717, 1.165) is 44.1 Å². The van der Waals surface area contributed by atoms with Crippen LogP contribution in [0.5, 0.6) is 0 Å². The molecule has 7 heteroatoms. The quantitative estimate of drug-likeness (QED) is 0.395. The Kier molecular flexibility index (Phi) is 8.04. The zero-order valence-electron chi connectivity index (χ0n) is 14.0. The van der Waals surface area contributed by atoms with Crippen LogP contribution in [-0.2, 0) is 25.7 Å². The average molecular weight is 460 g/mol. The highest BCUT2D eigenvalue weighted by Crippen LogP contribution is 2.26. The Morgan fingerprint density at radius 1 is 1.25 bits per heavy atom. The summed E-state index contributed by atoms with van der Waals surface area (Å²) < 4.78 is 5.32. The highest BCUT2D eigenvalue weighted by molar-refractivity contribution is 14.0. The Morgan fingerprint density at radius 3 is 2.75 bits per heavy atom. The van der Waals surface area contributed by atoms with E-state index in [2.05, 4.69) is 15.6 Å². The van der Waals surface area contributed by atoms with Crippen molar-refractivity contribution in [2.75, 3.05) is 20.1 Å². The average Bonchev–Trinajstić information content (AvgIpc) is 3.22. The summed E-state index contributed by atoms with van der Waals surface area (Å²) in [5.74, 6) is 1.82. The van der Waals surface area contributed by atoms with E-state index in [1.807, 2.05) is 23.5 Å². The lowest BCUT2D eigenvalue weighted by molar-refractivity contribution is 0.507. The molecule has 0 fully saturated rings. The molecule has 0 unspecified atom stereocenters. The SMILES string of the molecule is CN=C(NCCc1ccco1)NCCc1nc2c(s1)CCCC2.I. The van der Waals surface area contributed by atoms with Crippen LogP contribution in [0.25, 0.3) is 0 Å². The van der Waals surface area contributed by atoms with E-state index in [9.17, 15) is 0 Å². The Bertz CT molecular complexity index is 616. The predicted molar refractivity (Wildman–Crippen MR) is 110 cm³/mol. The number of halogens is 1. The van der Waals surface area contributed by atoms with E-state index >= 15 is 0 Å². The summed E-state index contributed by atoms with van der Waals surface area (Å²) in [6.07, 6.45) is 8.50. The summed E-state index contributed by atoms with van der Waals surface area (Å²) in [5, 5.41) is 7.90. The third-order valence-corrected chi connectivity index (χ3v) is 5.21. The molecule has 1 aliphatic rings. The third kappa shape index (κ3) is 5.47. The lowest BCUT2D eigenvalue weighted by Gasteiger charge is -2.10. The van der Waals surface area contributed by atoms with Gasteiger partial charge in [0.25, 0.3) is 0 Å². The predicted octanol–water partition coefficient (Wildman–Crippen LogP) is 3.18. The number of aromatic nitrogens is 1. The summed E-state index contributed by atoms with van der Waals surface area (Å²) in [5.41, 5.74) is 1.34. The monoisotopic (exact) mass is 460 g/mol. The maximum absolute atomic E-state index is 5.32. The van der Waals surface area contributed by atoms with E-state index < -0.39 is 0 Å². The molecular formula is C17H25IN4OS. The zero-order chi connectivity index (χ0) is 15.9. The van der Waals surface area contributed by atoms with Gasteiger partial charge < -0.3 is 15.1 Å². The number of fused-ring (bicyclic) bond motifs is 1. The third-order valence-electron chi connectivity index (χ3n) is 3.99. The van der Waals surface area contributed by atoms with E-state index in [1.54, 1.807) is 13.3 Å². The van der Waals surface area contributed by atoms with E-state index in [4.69, 9.17) is 9.40 Å². The normalized spacial score (nSPS) is 14.0. The highest BCUT2D eigenvalue weighted by Gasteiger charge is 2.14. The fourth-order valence-electron chi connectivity index (χ4n) is 2.78. The van der Waals surface area contributed by atoms with Crippen LogP contribution in [0.3, 0.4) is 0 Å². The molecule has 2 N–H and O–H groups in total. The van der Waals surface area contributed by atoms with Crippen molar-refractivity contribution in [3.63, 3.8) is 0 Å². The Hall–Kier alpha value is -1.09. The molecule has 2 aromatic rings. The van der Waals surface area contributed by atoms with Crippen LogP contribution in [-0.4, -0.2) is 31.1 Å². The maximum Gasteiger partial charge on any atom is 0.191 e. The molecule has 0 aliphatic heterocycles. The van der Waals surface area contributed by atoms with Gasteiger partial charge in [-0.3, -0.25) is 4.99 Å². The van der Waals surface area contributed by atoms with E-state index in [-0.39, 0.29) is 24.0 Å². The molecule has 5 nitrogen and oxygen atoms in total. The molecule has 0 atom stereocenters. The minimum atomic E-state index is 0. The summed E-state index contributed by atoms with van der Waals surface area (Å²) in [4.78, 5) is 10.5. The van der Waals surface area contributed by atoms with Gasteiger partial charge in [0.1, 0.15) is 5.76 Å². The zero-order valence-corrected chi connectivity index (χ0v) is 17.2. The lowest BCUT2D eigenvalue weighted by Crippen LogP contribution is -2.39. The van der Waals surface area contributed by atoms with Crippen molar-refractivity contribution < 1.29 is 4.42 Å². The Labute approximate surface area is 164 Å². The second kappa shape index (κ2) is 10.0. The number of hydrogen-bond donors (Lipinski definition) is 2. The summed E-state index contributed by atoms with van der Waals surface area (Å²) in [6, 6.07) is 3.90. The van der Waals surface area contributed by atoms with Crippen LogP contribution in [0.2, 0.25) is 0 Å². The Morgan fingerprint density at radius 2 is 2.04 bits per heavy atom. The number of guanidine groups is 1. The van der Waals surface area contributed by atoms with Crippen molar-refractivity contribution in [1.29, 1.82) is 0 Å². The van der Waals surface area contributed by atoms with Gasteiger partial charge in [-0.15, -0.1) is 35.3 Å². The standard InChI is InChI=1S/C17H24N4OS.HI/c1-18-17(19-10-8-13-5-4-12-22-13)20-11-9-16-21-14-6-2-3-7-15(14)23-16;/h4-5,12H,2-3,6-11H2,1H3,(H2,18,19,20);1H. The van der Waals surface area contributed by atoms with Gasteiger partial charge in [0, 0.05) is 37.9 Å². The number of hydrogen-bond acceptors (Lipinski definition) is 4. The smallest absolute Gasteiger partial charge is 0.191 e. The fraction of sp³-hybridized carbons (Fsp3) is 0.529. The van der Waals surface area contributed by atoms with Gasteiger partial charge in [-0.05, 0) is 37.8 Å². The Balaban J connectivity index is 0.00000208. The lowest BCUT2D eigenvalue weighted by atomic mass is 10.0. The number of thiazole rings is 1. The molecule has 0 bridgehead atoms. The number of nitrogens with zero attached hydrogens (tertiary/aromatic N) is 2. The molecule has 0 saturated heterocycles. The number of aryl methyl sites for hydroxylation is 2. The number of aliphatic imine (C=N–C) groups is 1. The first-order valence-electron chi connectivity index (χ1n) is 8.29. The largest absolute Gasteiger partial charge is 0.469 e. The minimum absolute atomic E-state index is 0. The number of rotatable bonds is 6. The van der Waals surface area contributed by atoms with Crippen LogP contribution in [0.4, 0.5) is 0 Å². The van der Waals surface area contributed by atoms with Crippen molar-refractivity contribution in [3.8, 4) is 0 Å². The van der Waals surface area contributed by atoms with Gasteiger partial charge in [-0.1, -0.05) is 0 Å². The van der Waals surface area contributed by atoms with Crippen molar-refractivity contribution in [2.45, 2.75) is 38.5 Å². The van der Waals surface area contributed by atoms with Crippen molar-refractivity contribution in [2.24, 2.45) is 4.99 Å². The summed E-state index contributed by atoms with van der Waals surface area (Å²) in [7, 11) is 1.80. The second-order valence-electron chi connectivity index (χ2n) is 5.69. The first-order valence-corrected chi connectivity index (χ1v) is 9.11. The molecule has 0 saturated carbocycles. The van der Waals surface area contributed by atoms with Crippen molar-refractivity contribution in [1.82, 2.24) is 15.6 Å². The van der Waals surface area contributed by atoms with Gasteiger partial charge in [0.15, 0.2) is 5.96 Å². The van der Waals surface area contributed by atoms with Gasteiger partial charge in [-0.2, -0.15) is 0 Å². The molecule has 132 valence electrons. The molecule has 24 heavy (non-hydrogen) atoms. The molecule has 3 rings (SSSR count). The number of furan rings is 1. The maximum atomic E-state index is 5.32. The molecule has 2 aromatic heterocycles. The van der Waals surface area contributed by atoms with Crippen molar-refractivity contribution >= 4 is 41.3 Å². The molecule has 1 aliphatic carbocycles. The topological polar surface area (TPSA) is 62.5 Å². The van der Waals surface area contributed by atoms with E-state index in [1.165, 1.54) is 34.8 Å². The van der Waals surface area contributed by atoms with Crippen LogP contribution < -0.4 is 10.6 Å². The molecule has 0 aromatic carbocycles. The number of nitrogens with one attached hydrogen (secondary N) is 2. The van der Waals surface area contributed by atoms with Gasteiger partial charge in [0.05, 0.1) is 17.0 Å². The van der Waals surface area contributed by atoms with Gasteiger partial charge >= 0.3 is 0 Å². The van der Waals surface area contributed by atoms with Crippen LogP contribution >= 0.6 is 35.3 Å². The molecule has 0 amide bonds. The molecule has 2 heterocycles. The van der Waals surface area contributed by atoms with Gasteiger partial charge in [0.2, 0.25) is 0 Å². The molecule has 0 radical (unpaired) electrons. The molecular weight excluding hydrogens is 435 g/mol. The second-order valence-corrected chi connectivity index (χ2v) is 6.86. The van der Waals surface area contributed by atoms with Crippen LogP contribution in [0.1, 0.15) is 34.2 Å². The molecule has 0 spiro atoms. The minimum Gasteiger partial charge on any atom is -0.469 e. The first-order chi connectivity index (χ1) is 11.3. The first kappa shape index (κ1) is 19.2. The van der Waals surface area contributed by atoms with Crippen LogP contribution in [0.15, 0.2) is 27.8 Å². The summed E-state index contributed by atoms with van der Waals surface area (Å²) in [6.45, 7) is 1.66. The highest BCUT2D eigenvalue weighted by atomic mass is 127. The fourth-order valence-corrected chi connectivity index (χ4v) is 3.94. The van der Waals surface area contributed by atoms with E-state index in [0.29, 0.717) is 0 Å². The van der Waals surface area contributed by atoms with Gasteiger partial charge in [-0.25, -0.2) is 4.98 Å². The summed E-state index contributed by atoms with van der Waals surface area (Å²) >= 11 is 1.89. The van der Waals surface area contributed by atoms with Crippen LogP contribution in [0, 0.1) is 0 Å².